The smallest absolute Gasteiger partial charge is 0.227 e. The van der Waals surface area contributed by atoms with Gasteiger partial charge >= 0.3 is 0 Å². The van der Waals surface area contributed by atoms with Crippen LogP contribution in [0.3, 0.4) is 0 Å². The molecule has 1 saturated heterocycles. The Morgan fingerprint density at radius 3 is 2.32 bits per heavy atom. The monoisotopic (exact) mass is 423 g/mol. The third-order valence-corrected chi connectivity index (χ3v) is 5.26. The highest BCUT2D eigenvalue weighted by molar-refractivity contribution is 5.85. The molecule has 0 spiro atoms. The lowest BCUT2D eigenvalue weighted by molar-refractivity contribution is -0.131. The number of rotatable bonds is 7. The number of hydrogen-bond donors (Lipinski definition) is 1. The Hall–Kier alpha value is -1.59. The van der Waals surface area contributed by atoms with Crippen LogP contribution in [-0.2, 0) is 17.8 Å². The highest BCUT2D eigenvalue weighted by Crippen LogP contribution is 2.23. The first kappa shape index (κ1) is 24.4. The molecule has 0 saturated carbocycles. The normalized spacial score (nSPS) is 14.6. The molecule has 2 aromatic carbocycles. The SMILES string of the molecule is CN(C(=O)Cc1cccc(CN)c1)C(CN1CCCC1)c1ccccc1.Cl.Cl. The number of benzene rings is 2. The van der Waals surface area contributed by atoms with E-state index in [2.05, 4.69) is 29.2 Å². The van der Waals surface area contributed by atoms with Crippen LogP contribution in [0.1, 0.15) is 35.6 Å². The van der Waals surface area contributed by atoms with Gasteiger partial charge in [0, 0.05) is 20.1 Å². The van der Waals surface area contributed by atoms with Crippen LogP contribution in [0, 0.1) is 0 Å². The summed E-state index contributed by atoms with van der Waals surface area (Å²) in [4.78, 5) is 17.4. The van der Waals surface area contributed by atoms with E-state index in [1.807, 2.05) is 42.3 Å². The van der Waals surface area contributed by atoms with Gasteiger partial charge in [-0.25, -0.2) is 0 Å². The second-order valence-electron chi connectivity index (χ2n) is 7.14. The molecule has 28 heavy (non-hydrogen) atoms. The molecule has 1 heterocycles. The molecule has 1 fully saturated rings. The Morgan fingerprint density at radius 1 is 1.04 bits per heavy atom. The standard InChI is InChI=1S/C22H29N3O.2ClH/c1-24(22(26)15-18-8-7-9-19(14-18)16-23)21(17-25-12-5-6-13-25)20-10-3-2-4-11-20;;/h2-4,7-11,14,21H,5-6,12-13,15-17,23H2,1H3;2*1H. The molecule has 3 rings (SSSR count). The lowest BCUT2D eigenvalue weighted by Gasteiger charge is -2.32. The van der Waals surface area contributed by atoms with Crippen LogP contribution in [0.5, 0.6) is 0 Å². The Morgan fingerprint density at radius 2 is 1.68 bits per heavy atom. The van der Waals surface area contributed by atoms with Gasteiger partial charge in [0.05, 0.1) is 12.5 Å². The molecule has 154 valence electrons. The van der Waals surface area contributed by atoms with Crippen LogP contribution < -0.4 is 5.73 Å². The molecular formula is C22H31Cl2N3O. The van der Waals surface area contributed by atoms with Crippen molar-refractivity contribution in [2.45, 2.75) is 31.8 Å². The van der Waals surface area contributed by atoms with Crippen molar-refractivity contribution >= 4 is 30.7 Å². The number of likely N-dealkylation sites (tertiary alicyclic amines) is 1. The Balaban J connectivity index is 0.00000196. The molecule has 1 atom stereocenters. The van der Waals surface area contributed by atoms with Gasteiger partial charge in [-0.2, -0.15) is 0 Å². The fourth-order valence-corrected chi connectivity index (χ4v) is 3.68. The van der Waals surface area contributed by atoms with E-state index in [0.717, 1.165) is 30.8 Å². The minimum absolute atomic E-state index is 0. The largest absolute Gasteiger partial charge is 0.337 e. The fraction of sp³-hybridized carbons (Fsp3) is 0.409. The Bertz CT molecular complexity index is 721. The van der Waals surface area contributed by atoms with Crippen LogP contribution in [0.2, 0.25) is 0 Å². The number of carbonyl (C=O) groups excluding carboxylic acids is 1. The zero-order chi connectivity index (χ0) is 18.4. The van der Waals surface area contributed by atoms with Crippen molar-refractivity contribution in [3.05, 3.63) is 71.3 Å². The van der Waals surface area contributed by atoms with Crippen molar-refractivity contribution in [3.8, 4) is 0 Å². The lowest BCUT2D eigenvalue weighted by atomic mass is 10.0. The third-order valence-electron chi connectivity index (χ3n) is 5.26. The second kappa shape index (κ2) is 12.1. The zero-order valence-electron chi connectivity index (χ0n) is 16.4. The fourth-order valence-electron chi connectivity index (χ4n) is 3.68. The van der Waals surface area contributed by atoms with E-state index in [4.69, 9.17) is 5.73 Å². The van der Waals surface area contributed by atoms with Crippen LogP contribution in [0.15, 0.2) is 54.6 Å². The van der Waals surface area contributed by atoms with Gasteiger partial charge in [-0.15, -0.1) is 24.8 Å². The Kier molecular flexibility index (Phi) is 10.5. The molecule has 0 radical (unpaired) electrons. The maximum absolute atomic E-state index is 13.0. The van der Waals surface area contributed by atoms with E-state index >= 15 is 0 Å². The van der Waals surface area contributed by atoms with Gasteiger partial charge in [0.1, 0.15) is 0 Å². The summed E-state index contributed by atoms with van der Waals surface area (Å²) in [7, 11) is 1.93. The molecular weight excluding hydrogens is 393 g/mol. The first-order valence-corrected chi connectivity index (χ1v) is 9.48. The van der Waals surface area contributed by atoms with Crippen LogP contribution >= 0.6 is 24.8 Å². The summed E-state index contributed by atoms with van der Waals surface area (Å²) >= 11 is 0. The van der Waals surface area contributed by atoms with E-state index in [0.29, 0.717) is 13.0 Å². The van der Waals surface area contributed by atoms with Crippen LogP contribution in [0.25, 0.3) is 0 Å². The number of carbonyl (C=O) groups is 1. The van der Waals surface area contributed by atoms with Crippen molar-refractivity contribution in [1.82, 2.24) is 9.80 Å². The zero-order valence-corrected chi connectivity index (χ0v) is 18.1. The van der Waals surface area contributed by atoms with Crippen molar-refractivity contribution in [1.29, 1.82) is 0 Å². The van der Waals surface area contributed by atoms with Crippen molar-refractivity contribution < 1.29 is 4.79 Å². The molecule has 4 nitrogen and oxygen atoms in total. The quantitative estimate of drug-likeness (QED) is 0.735. The summed E-state index contributed by atoms with van der Waals surface area (Å²) in [5.74, 6) is 0.146. The van der Waals surface area contributed by atoms with E-state index in [1.54, 1.807) is 0 Å². The van der Waals surface area contributed by atoms with E-state index in [1.165, 1.54) is 18.4 Å². The molecule has 1 aliphatic heterocycles. The van der Waals surface area contributed by atoms with Gasteiger partial charge in [-0.05, 0) is 42.6 Å². The molecule has 0 bridgehead atoms. The minimum Gasteiger partial charge on any atom is -0.337 e. The number of halogens is 2. The van der Waals surface area contributed by atoms with Crippen molar-refractivity contribution in [2.24, 2.45) is 5.73 Å². The molecule has 1 unspecified atom stereocenters. The van der Waals surface area contributed by atoms with Gasteiger partial charge in [0.25, 0.3) is 0 Å². The summed E-state index contributed by atoms with van der Waals surface area (Å²) in [6, 6.07) is 18.5. The summed E-state index contributed by atoms with van der Waals surface area (Å²) < 4.78 is 0. The highest BCUT2D eigenvalue weighted by Gasteiger charge is 2.25. The lowest BCUT2D eigenvalue weighted by Crippen LogP contribution is -2.39. The van der Waals surface area contributed by atoms with Crippen LogP contribution in [-0.4, -0.2) is 42.4 Å². The first-order valence-electron chi connectivity index (χ1n) is 9.48. The van der Waals surface area contributed by atoms with E-state index < -0.39 is 0 Å². The predicted octanol–water partition coefficient (Wildman–Crippen LogP) is 3.83. The second-order valence-corrected chi connectivity index (χ2v) is 7.14. The number of nitrogens with zero attached hydrogens (tertiary/aromatic N) is 2. The number of likely N-dealkylation sites (N-methyl/N-ethyl adjacent to an activating group) is 1. The van der Waals surface area contributed by atoms with E-state index in [-0.39, 0.29) is 36.8 Å². The number of hydrogen-bond acceptors (Lipinski definition) is 3. The maximum Gasteiger partial charge on any atom is 0.227 e. The predicted molar refractivity (Wildman–Crippen MR) is 120 cm³/mol. The summed E-state index contributed by atoms with van der Waals surface area (Å²) in [5, 5.41) is 0. The Labute approximate surface area is 180 Å². The van der Waals surface area contributed by atoms with Gasteiger partial charge in [0.2, 0.25) is 5.91 Å². The van der Waals surface area contributed by atoms with Gasteiger partial charge in [-0.3, -0.25) is 4.79 Å². The molecule has 0 aliphatic carbocycles. The highest BCUT2D eigenvalue weighted by atomic mass is 35.5. The van der Waals surface area contributed by atoms with Gasteiger partial charge in [-0.1, -0.05) is 54.6 Å². The molecule has 6 heteroatoms. The average molecular weight is 424 g/mol. The van der Waals surface area contributed by atoms with Crippen molar-refractivity contribution in [2.75, 3.05) is 26.7 Å². The number of amides is 1. The first-order chi connectivity index (χ1) is 12.7. The minimum atomic E-state index is 0. The molecule has 2 aromatic rings. The summed E-state index contributed by atoms with van der Waals surface area (Å²) in [5.41, 5.74) is 9.01. The van der Waals surface area contributed by atoms with Crippen LogP contribution in [0.4, 0.5) is 0 Å². The van der Waals surface area contributed by atoms with Gasteiger partial charge < -0.3 is 15.5 Å². The number of nitrogens with two attached hydrogens (primary N) is 1. The van der Waals surface area contributed by atoms with E-state index in [9.17, 15) is 4.79 Å². The average Bonchev–Trinajstić information content (AvgIpc) is 3.19. The van der Waals surface area contributed by atoms with Crippen molar-refractivity contribution in [3.63, 3.8) is 0 Å². The third kappa shape index (κ3) is 6.49. The summed E-state index contributed by atoms with van der Waals surface area (Å²) in [6.07, 6.45) is 2.92. The topological polar surface area (TPSA) is 49.6 Å². The molecule has 2 N–H and O–H groups in total. The maximum atomic E-state index is 13.0. The molecule has 1 amide bonds. The van der Waals surface area contributed by atoms with Gasteiger partial charge in [0.15, 0.2) is 0 Å². The summed E-state index contributed by atoms with van der Waals surface area (Å²) in [6.45, 7) is 3.66. The molecule has 1 aliphatic rings. The molecule has 0 aromatic heterocycles.